The number of ether oxygens (including phenoxy) is 1. The first-order valence-electron chi connectivity index (χ1n) is 8.42. The zero-order chi connectivity index (χ0) is 23.3. The van der Waals surface area contributed by atoms with Crippen molar-refractivity contribution in [3.8, 4) is 0 Å². The number of carbonyl (C=O) groups is 1. The van der Waals surface area contributed by atoms with E-state index in [-0.39, 0.29) is 43.1 Å². The standard InChI is InChI=1S/C17H16Cl6N3O4P/c1-3-30-31(28,17(29-2)25-15-12(22)6-9(19)7-13(15)23)26-16(27)24-14-10(20)4-8(18)5-11(14)21/h4-7,17,25H,3H2,1-2H3,(H2,24,26,27,28)/t17-,31+/m1/s1. The van der Waals surface area contributed by atoms with E-state index < -0.39 is 19.5 Å². The number of rotatable bonds is 8. The van der Waals surface area contributed by atoms with Gasteiger partial charge in [-0.3, -0.25) is 9.65 Å². The molecule has 0 unspecified atom stereocenters. The van der Waals surface area contributed by atoms with Crippen molar-refractivity contribution in [3.63, 3.8) is 0 Å². The van der Waals surface area contributed by atoms with Crippen LogP contribution in [-0.4, -0.2) is 25.7 Å². The fraction of sp³-hybridized carbons (Fsp3) is 0.235. The van der Waals surface area contributed by atoms with E-state index in [4.69, 9.17) is 78.9 Å². The summed E-state index contributed by atoms with van der Waals surface area (Å²) in [5, 5.41) is 8.49. The molecule has 2 amide bonds. The first kappa shape index (κ1) is 26.7. The number of amides is 2. The Morgan fingerprint density at radius 3 is 1.81 bits per heavy atom. The van der Waals surface area contributed by atoms with Crippen LogP contribution in [0.1, 0.15) is 6.92 Å². The van der Waals surface area contributed by atoms with E-state index in [1.54, 1.807) is 6.92 Å². The van der Waals surface area contributed by atoms with E-state index in [0.717, 1.165) is 0 Å². The lowest BCUT2D eigenvalue weighted by atomic mass is 10.3. The van der Waals surface area contributed by atoms with Gasteiger partial charge in [-0.15, -0.1) is 0 Å². The van der Waals surface area contributed by atoms with Crippen LogP contribution in [0.3, 0.4) is 0 Å². The molecule has 14 heteroatoms. The van der Waals surface area contributed by atoms with Gasteiger partial charge < -0.3 is 19.9 Å². The highest BCUT2D eigenvalue weighted by atomic mass is 35.5. The number of hydrogen-bond acceptors (Lipinski definition) is 5. The fourth-order valence-electron chi connectivity index (χ4n) is 2.38. The molecule has 0 bridgehead atoms. The summed E-state index contributed by atoms with van der Waals surface area (Å²) in [6.07, 6.45) is 0. The van der Waals surface area contributed by atoms with Gasteiger partial charge in [0.25, 0.3) is 0 Å². The minimum atomic E-state index is -4.04. The molecular weight excluding hydrogens is 554 g/mol. The van der Waals surface area contributed by atoms with Gasteiger partial charge in [0.1, 0.15) is 0 Å². The molecule has 0 heterocycles. The van der Waals surface area contributed by atoms with Crippen molar-refractivity contribution >= 4 is 94.5 Å². The number of urea groups is 1. The normalized spacial score (nSPS) is 13.9. The van der Waals surface area contributed by atoms with Gasteiger partial charge >= 0.3 is 13.6 Å². The third-order valence-electron chi connectivity index (χ3n) is 3.63. The van der Waals surface area contributed by atoms with Crippen LogP contribution in [0, 0.1) is 0 Å². The Morgan fingerprint density at radius 1 is 0.935 bits per heavy atom. The SMILES string of the molecule is CCO[P@](=O)(NC(=O)Nc1c(Cl)cc(Cl)cc1Cl)[C@H](Nc1c(Cl)cc(Cl)cc1Cl)OC. The molecule has 3 N–H and O–H groups in total. The molecule has 0 saturated carbocycles. The molecule has 2 aromatic carbocycles. The molecule has 31 heavy (non-hydrogen) atoms. The number of anilines is 2. The summed E-state index contributed by atoms with van der Waals surface area (Å²) in [6, 6.07) is 4.72. The molecule has 0 aromatic heterocycles. The third kappa shape index (κ3) is 6.94. The van der Waals surface area contributed by atoms with Crippen LogP contribution in [0.25, 0.3) is 0 Å². The minimum Gasteiger partial charge on any atom is -0.351 e. The molecule has 2 atom stereocenters. The van der Waals surface area contributed by atoms with Crippen LogP contribution in [0.15, 0.2) is 24.3 Å². The zero-order valence-electron chi connectivity index (χ0n) is 15.9. The summed E-state index contributed by atoms with van der Waals surface area (Å²) in [7, 11) is -2.78. The Balaban J connectivity index is 2.29. The second kappa shape index (κ2) is 11.5. The highest BCUT2D eigenvalue weighted by Crippen LogP contribution is 2.49. The Bertz CT molecular complexity index is 979. The average Bonchev–Trinajstić information content (AvgIpc) is 2.64. The number of halogens is 6. The first-order chi connectivity index (χ1) is 14.5. The zero-order valence-corrected chi connectivity index (χ0v) is 21.4. The molecule has 0 aliphatic carbocycles. The van der Waals surface area contributed by atoms with Gasteiger partial charge in [-0.05, 0) is 31.2 Å². The molecule has 0 aliphatic rings. The van der Waals surface area contributed by atoms with Gasteiger partial charge in [-0.25, -0.2) is 4.79 Å². The molecule has 0 radical (unpaired) electrons. The van der Waals surface area contributed by atoms with E-state index in [0.29, 0.717) is 5.02 Å². The summed E-state index contributed by atoms with van der Waals surface area (Å²) in [4.78, 5) is 12.6. The van der Waals surface area contributed by atoms with Crippen LogP contribution in [0.5, 0.6) is 0 Å². The Kier molecular flexibility index (Phi) is 9.89. The smallest absolute Gasteiger partial charge is 0.345 e. The highest BCUT2D eigenvalue weighted by molar-refractivity contribution is 7.58. The Hall–Kier alpha value is -0.600. The number of hydrogen-bond donors (Lipinski definition) is 3. The Labute approximate surface area is 209 Å². The molecule has 0 fully saturated rings. The van der Waals surface area contributed by atoms with Crippen molar-refractivity contribution in [2.75, 3.05) is 24.4 Å². The van der Waals surface area contributed by atoms with Crippen molar-refractivity contribution in [1.29, 1.82) is 0 Å². The Morgan fingerprint density at radius 2 is 1.39 bits per heavy atom. The number of benzene rings is 2. The third-order valence-corrected chi connectivity index (χ3v) is 7.37. The average molecular weight is 570 g/mol. The van der Waals surface area contributed by atoms with Gasteiger partial charge in [0.05, 0.1) is 38.1 Å². The number of methoxy groups -OCH3 is 1. The number of carbonyl (C=O) groups excluding carboxylic acids is 1. The summed E-state index contributed by atoms with van der Waals surface area (Å²) in [5.41, 5.74) is 0.254. The fourth-order valence-corrected chi connectivity index (χ4v) is 5.84. The minimum absolute atomic E-state index is 0.0103. The molecular formula is C17H16Cl6N3O4P. The van der Waals surface area contributed by atoms with Gasteiger partial charge in [0, 0.05) is 17.2 Å². The van der Waals surface area contributed by atoms with Crippen molar-refractivity contribution in [2.24, 2.45) is 0 Å². The molecule has 2 rings (SSSR count). The maximum Gasteiger partial charge on any atom is 0.345 e. The van der Waals surface area contributed by atoms with Gasteiger partial charge in [-0.2, -0.15) is 0 Å². The van der Waals surface area contributed by atoms with E-state index in [1.807, 2.05) is 0 Å². The largest absolute Gasteiger partial charge is 0.351 e. The molecule has 2 aromatic rings. The molecule has 0 saturated heterocycles. The van der Waals surface area contributed by atoms with E-state index in [9.17, 15) is 9.36 Å². The second-order valence-corrected chi connectivity index (χ2v) is 10.4. The van der Waals surface area contributed by atoms with Crippen LogP contribution in [0.2, 0.25) is 30.1 Å². The predicted molar refractivity (Wildman–Crippen MR) is 129 cm³/mol. The number of nitrogens with one attached hydrogen (secondary N) is 3. The summed E-state index contributed by atoms with van der Waals surface area (Å²) < 4.78 is 24.1. The molecule has 7 nitrogen and oxygen atoms in total. The lowest BCUT2D eigenvalue weighted by molar-refractivity contribution is 0.160. The van der Waals surface area contributed by atoms with E-state index in [2.05, 4.69) is 15.7 Å². The molecule has 0 aliphatic heterocycles. The molecule has 0 spiro atoms. The van der Waals surface area contributed by atoms with E-state index in [1.165, 1.54) is 31.4 Å². The van der Waals surface area contributed by atoms with Crippen molar-refractivity contribution in [2.45, 2.75) is 12.9 Å². The van der Waals surface area contributed by atoms with Crippen molar-refractivity contribution in [3.05, 3.63) is 54.4 Å². The highest BCUT2D eigenvalue weighted by Gasteiger charge is 2.38. The van der Waals surface area contributed by atoms with Crippen molar-refractivity contribution in [1.82, 2.24) is 5.09 Å². The quantitative estimate of drug-likeness (QED) is 0.221. The van der Waals surface area contributed by atoms with Crippen LogP contribution in [-0.2, 0) is 13.8 Å². The summed E-state index contributed by atoms with van der Waals surface area (Å²) in [5.74, 6) is -1.36. The maximum absolute atomic E-state index is 13.5. The second-order valence-electron chi connectivity index (χ2n) is 5.80. The monoisotopic (exact) mass is 567 g/mol. The van der Waals surface area contributed by atoms with Crippen molar-refractivity contribution < 1.29 is 18.6 Å². The lowest BCUT2D eigenvalue weighted by Gasteiger charge is -2.28. The predicted octanol–water partition coefficient (Wildman–Crippen LogP) is 8.00. The topological polar surface area (TPSA) is 88.7 Å². The van der Waals surface area contributed by atoms with Gasteiger partial charge in [0.2, 0.25) is 5.97 Å². The first-order valence-corrected chi connectivity index (χ1v) is 12.4. The van der Waals surface area contributed by atoms with E-state index >= 15 is 0 Å². The van der Waals surface area contributed by atoms with Crippen LogP contribution >= 0.6 is 77.1 Å². The maximum atomic E-state index is 13.5. The molecule has 170 valence electrons. The van der Waals surface area contributed by atoms with Gasteiger partial charge in [0.15, 0.2) is 0 Å². The van der Waals surface area contributed by atoms with Gasteiger partial charge in [-0.1, -0.05) is 69.6 Å². The van der Waals surface area contributed by atoms with Crippen LogP contribution < -0.4 is 15.7 Å². The summed E-state index contributed by atoms with van der Waals surface area (Å²) >= 11 is 36.2. The summed E-state index contributed by atoms with van der Waals surface area (Å²) in [6.45, 7) is 1.58. The van der Waals surface area contributed by atoms with Crippen LogP contribution in [0.4, 0.5) is 16.2 Å². The lowest BCUT2D eigenvalue weighted by Crippen LogP contribution is -2.35.